The molecule has 128 valence electrons. The molecule has 0 radical (unpaired) electrons. The summed E-state index contributed by atoms with van der Waals surface area (Å²) in [5.74, 6) is 1.18. The third-order valence-corrected chi connectivity index (χ3v) is 4.25. The van der Waals surface area contributed by atoms with E-state index in [-0.39, 0.29) is 29.8 Å². The second kappa shape index (κ2) is 8.46. The molecule has 5 heteroatoms. The Labute approximate surface area is 159 Å². The lowest BCUT2D eigenvalue weighted by atomic mass is 10.1. The zero-order chi connectivity index (χ0) is 16.2. The van der Waals surface area contributed by atoms with Crippen LogP contribution in [-0.4, -0.2) is 19.0 Å². The number of aryl methyl sites for hydroxylation is 1. The SMILES string of the molecule is CN=C(NCc1ccc(F)c(C)c1)NC1CC1c1ccccc1.I. The van der Waals surface area contributed by atoms with Crippen molar-refractivity contribution >= 4 is 29.9 Å². The van der Waals surface area contributed by atoms with Gasteiger partial charge in [0.1, 0.15) is 5.82 Å². The predicted octanol–water partition coefficient (Wildman–Crippen LogP) is 3.97. The van der Waals surface area contributed by atoms with Crippen molar-refractivity contribution in [1.29, 1.82) is 0 Å². The molecule has 1 aliphatic rings. The molecule has 1 aliphatic carbocycles. The lowest BCUT2D eigenvalue weighted by Gasteiger charge is -2.12. The van der Waals surface area contributed by atoms with E-state index in [0.29, 0.717) is 24.1 Å². The summed E-state index contributed by atoms with van der Waals surface area (Å²) in [5, 5.41) is 6.74. The fourth-order valence-corrected chi connectivity index (χ4v) is 2.80. The molecule has 0 bridgehead atoms. The molecule has 1 fully saturated rings. The number of benzene rings is 2. The first kappa shape index (κ1) is 18.7. The van der Waals surface area contributed by atoms with Crippen LogP contribution in [0.1, 0.15) is 29.0 Å². The Morgan fingerprint density at radius 3 is 2.62 bits per heavy atom. The Bertz CT molecular complexity index is 703. The molecule has 2 N–H and O–H groups in total. The molecule has 2 aromatic carbocycles. The van der Waals surface area contributed by atoms with E-state index >= 15 is 0 Å². The minimum absolute atomic E-state index is 0. The number of guanidine groups is 1. The Hall–Kier alpha value is -1.63. The van der Waals surface area contributed by atoms with Crippen molar-refractivity contribution in [2.45, 2.75) is 31.8 Å². The van der Waals surface area contributed by atoms with Crippen LogP contribution in [0.15, 0.2) is 53.5 Å². The molecule has 2 unspecified atom stereocenters. The highest BCUT2D eigenvalue weighted by atomic mass is 127. The summed E-state index contributed by atoms with van der Waals surface area (Å²) in [6.45, 7) is 2.41. The van der Waals surface area contributed by atoms with Crippen LogP contribution in [0.3, 0.4) is 0 Å². The zero-order valence-electron chi connectivity index (χ0n) is 13.9. The van der Waals surface area contributed by atoms with Gasteiger partial charge in [-0.15, -0.1) is 24.0 Å². The van der Waals surface area contributed by atoms with Crippen LogP contribution < -0.4 is 10.6 Å². The summed E-state index contributed by atoms with van der Waals surface area (Å²) in [5.41, 5.74) is 3.08. The van der Waals surface area contributed by atoms with E-state index in [9.17, 15) is 4.39 Å². The van der Waals surface area contributed by atoms with Gasteiger partial charge in [-0.1, -0.05) is 42.5 Å². The zero-order valence-corrected chi connectivity index (χ0v) is 16.3. The van der Waals surface area contributed by atoms with Gasteiger partial charge in [0.15, 0.2) is 5.96 Å². The number of aliphatic imine (C=N–C) groups is 1. The number of hydrogen-bond acceptors (Lipinski definition) is 1. The molecule has 3 nitrogen and oxygen atoms in total. The smallest absolute Gasteiger partial charge is 0.191 e. The highest BCUT2D eigenvalue weighted by molar-refractivity contribution is 14.0. The summed E-state index contributed by atoms with van der Waals surface area (Å²) in [7, 11) is 1.77. The van der Waals surface area contributed by atoms with E-state index in [1.165, 1.54) is 11.6 Å². The van der Waals surface area contributed by atoms with Crippen LogP contribution in [0.4, 0.5) is 4.39 Å². The molecule has 1 saturated carbocycles. The van der Waals surface area contributed by atoms with Crippen molar-refractivity contribution in [3.8, 4) is 0 Å². The first-order valence-electron chi connectivity index (χ1n) is 7.94. The molecule has 0 spiro atoms. The van der Waals surface area contributed by atoms with Crippen LogP contribution >= 0.6 is 24.0 Å². The largest absolute Gasteiger partial charge is 0.353 e. The second-order valence-electron chi connectivity index (χ2n) is 6.01. The summed E-state index contributed by atoms with van der Waals surface area (Å²) >= 11 is 0. The van der Waals surface area contributed by atoms with Gasteiger partial charge >= 0.3 is 0 Å². The summed E-state index contributed by atoms with van der Waals surface area (Å²) in [6.07, 6.45) is 1.13. The Morgan fingerprint density at radius 2 is 1.96 bits per heavy atom. The van der Waals surface area contributed by atoms with Gasteiger partial charge in [-0.05, 0) is 36.1 Å². The third-order valence-electron chi connectivity index (χ3n) is 4.25. The van der Waals surface area contributed by atoms with E-state index < -0.39 is 0 Å². The Morgan fingerprint density at radius 1 is 1.21 bits per heavy atom. The number of halogens is 2. The number of nitrogens with zero attached hydrogens (tertiary/aromatic N) is 1. The molecule has 0 amide bonds. The fourth-order valence-electron chi connectivity index (χ4n) is 2.80. The quantitative estimate of drug-likeness (QED) is 0.430. The first-order valence-corrected chi connectivity index (χ1v) is 7.94. The standard InChI is InChI=1S/C19H22FN3.HI/c1-13-10-14(8-9-17(13)20)12-22-19(21-2)23-18-11-16(18)15-6-4-3-5-7-15;/h3-10,16,18H,11-12H2,1-2H3,(H2,21,22,23);1H. The number of hydrogen-bond donors (Lipinski definition) is 2. The second-order valence-corrected chi connectivity index (χ2v) is 6.01. The maximum absolute atomic E-state index is 13.3. The summed E-state index contributed by atoms with van der Waals surface area (Å²) in [6, 6.07) is 16.1. The van der Waals surface area contributed by atoms with Gasteiger partial charge in [-0.3, -0.25) is 4.99 Å². The maximum atomic E-state index is 13.3. The van der Waals surface area contributed by atoms with Gasteiger partial charge in [0.05, 0.1) is 0 Å². The van der Waals surface area contributed by atoms with Crippen molar-refractivity contribution in [3.05, 3.63) is 71.0 Å². The number of nitrogens with one attached hydrogen (secondary N) is 2. The molecular formula is C19H23FIN3. The molecule has 2 atom stereocenters. The molecule has 24 heavy (non-hydrogen) atoms. The minimum atomic E-state index is -0.167. The van der Waals surface area contributed by atoms with Gasteiger partial charge in [0.2, 0.25) is 0 Å². The molecule has 0 aliphatic heterocycles. The first-order chi connectivity index (χ1) is 11.2. The maximum Gasteiger partial charge on any atom is 0.191 e. The van der Waals surface area contributed by atoms with Crippen LogP contribution in [0, 0.1) is 12.7 Å². The monoisotopic (exact) mass is 439 g/mol. The Kier molecular flexibility index (Phi) is 6.60. The van der Waals surface area contributed by atoms with Crippen LogP contribution in [0.25, 0.3) is 0 Å². The van der Waals surface area contributed by atoms with Gasteiger partial charge in [0.25, 0.3) is 0 Å². The molecular weight excluding hydrogens is 416 g/mol. The highest BCUT2D eigenvalue weighted by Crippen LogP contribution is 2.40. The third kappa shape index (κ3) is 4.69. The van der Waals surface area contributed by atoms with Gasteiger partial charge in [-0.25, -0.2) is 4.39 Å². The fraction of sp³-hybridized carbons (Fsp3) is 0.316. The molecule has 2 aromatic rings. The van der Waals surface area contributed by atoms with Crippen molar-refractivity contribution in [3.63, 3.8) is 0 Å². The lowest BCUT2D eigenvalue weighted by molar-refractivity contribution is 0.617. The van der Waals surface area contributed by atoms with Crippen molar-refractivity contribution in [2.75, 3.05) is 7.05 Å². The van der Waals surface area contributed by atoms with Crippen molar-refractivity contribution in [1.82, 2.24) is 10.6 Å². The minimum Gasteiger partial charge on any atom is -0.353 e. The van der Waals surface area contributed by atoms with E-state index in [1.807, 2.05) is 12.1 Å². The highest BCUT2D eigenvalue weighted by Gasteiger charge is 2.38. The average Bonchev–Trinajstić information content (AvgIpc) is 3.34. The van der Waals surface area contributed by atoms with E-state index in [4.69, 9.17) is 0 Å². The predicted molar refractivity (Wildman–Crippen MR) is 107 cm³/mol. The lowest BCUT2D eigenvalue weighted by Crippen LogP contribution is -2.38. The summed E-state index contributed by atoms with van der Waals surface area (Å²) in [4.78, 5) is 4.27. The van der Waals surface area contributed by atoms with Gasteiger partial charge < -0.3 is 10.6 Å². The van der Waals surface area contributed by atoms with Gasteiger partial charge in [0, 0.05) is 25.6 Å². The van der Waals surface area contributed by atoms with Crippen molar-refractivity contribution < 1.29 is 4.39 Å². The van der Waals surface area contributed by atoms with E-state index in [1.54, 1.807) is 20.0 Å². The molecule has 0 aromatic heterocycles. The molecule has 0 saturated heterocycles. The van der Waals surface area contributed by atoms with Crippen LogP contribution in [-0.2, 0) is 6.54 Å². The van der Waals surface area contributed by atoms with Crippen LogP contribution in [0.2, 0.25) is 0 Å². The van der Waals surface area contributed by atoms with Crippen LogP contribution in [0.5, 0.6) is 0 Å². The van der Waals surface area contributed by atoms with Crippen molar-refractivity contribution in [2.24, 2.45) is 4.99 Å². The summed E-state index contributed by atoms with van der Waals surface area (Å²) < 4.78 is 13.3. The van der Waals surface area contributed by atoms with Gasteiger partial charge in [-0.2, -0.15) is 0 Å². The van der Waals surface area contributed by atoms with E-state index in [2.05, 4.69) is 39.9 Å². The average molecular weight is 439 g/mol. The normalized spacial score (nSPS) is 19.4. The number of rotatable bonds is 4. The topological polar surface area (TPSA) is 36.4 Å². The Balaban J connectivity index is 0.00000208. The molecule has 3 rings (SSSR count). The van der Waals surface area contributed by atoms with E-state index in [0.717, 1.165) is 17.9 Å². The molecule has 0 heterocycles.